The molecule has 2 atom stereocenters. The number of halogens is 1. The number of rotatable bonds is 4. The highest BCUT2D eigenvalue weighted by Gasteiger charge is 2.41. The fourth-order valence-corrected chi connectivity index (χ4v) is 5.35. The molecule has 6 nitrogen and oxygen atoms in total. The van der Waals surface area contributed by atoms with E-state index in [0.717, 1.165) is 43.6 Å². The third kappa shape index (κ3) is 4.26. The average molecular weight is 455 g/mol. The van der Waals surface area contributed by atoms with Crippen molar-refractivity contribution in [2.24, 2.45) is 11.3 Å². The van der Waals surface area contributed by atoms with Crippen LogP contribution in [0.3, 0.4) is 0 Å². The van der Waals surface area contributed by atoms with E-state index in [-0.39, 0.29) is 23.4 Å². The fourth-order valence-electron chi connectivity index (χ4n) is 5.35. The van der Waals surface area contributed by atoms with Crippen LogP contribution in [0, 0.1) is 17.2 Å². The monoisotopic (exact) mass is 454 g/mol. The summed E-state index contributed by atoms with van der Waals surface area (Å²) >= 11 is 0. The fraction of sp³-hybridized carbons (Fsp3) is 0.500. The maximum atomic E-state index is 13.8. The van der Waals surface area contributed by atoms with Gasteiger partial charge in [0, 0.05) is 23.1 Å². The van der Waals surface area contributed by atoms with Crippen molar-refractivity contribution in [1.29, 1.82) is 0 Å². The quantitative estimate of drug-likeness (QED) is 0.721. The SMILES string of the molecule is COc1cc2c(cc1-c1cccc(F)c1)OCC(C)(C)C2NC(=O)O[C@H]1CN2CCC1CC2. The van der Waals surface area contributed by atoms with E-state index in [2.05, 4.69) is 24.1 Å². The lowest BCUT2D eigenvalue weighted by molar-refractivity contribution is -0.0361. The van der Waals surface area contributed by atoms with Gasteiger partial charge in [-0.25, -0.2) is 9.18 Å². The van der Waals surface area contributed by atoms with Gasteiger partial charge in [0.2, 0.25) is 0 Å². The molecule has 0 radical (unpaired) electrons. The predicted octanol–water partition coefficient (Wildman–Crippen LogP) is 4.78. The van der Waals surface area contributed by atoms with Crippen molar-refractivity contribution in [2.75, 3.05) is 33.4 Å². The van der Waals surface area contributed by atoms with Crippen LogP contribution >= 0.6 is 0 Å². The van der Waals surface area contributed by atoms with Gasteiger partial charge in [0.1, 0.15) is 23.4 Å². The summed E-state index contributed by atoms with van der Waals surface area (Å²) in [5.41, 5.74) is 1.92. The van der Waals surface area contributed by atoms with Crippen LogP contribution in [-0.4, -0.2) is 50.4 Å². The second kappa shape index (κ2) is 8.52. The lowest BCUT2D eigenvalue weighted by Crippen LogP contribution is -2.53. The number of methoxy groups -OCH3 is 1. The zero-order valence-corrected chi connectivity index (χ0v) is 19.4. The average Bonchev–Trinajstić information content (AvgIpc) is 2.81. The van der Waals surface area contributed by atoms with Crippen LogP contribution in [0.4, 0.5) is 9.18 Å². The van der Waals surface area contributed by atoms with Crippen molar-refractivity contribution in [1.82, 2.24) is 10.2 Å². The summed E-state index contributed by atoms with van der Waals surface area (Å²) in [5.74, 6) is 1.38. The Hall–Kier alpha value is -2.80. The number of piperidine rings is 3. The van der Waals surface area contributed by atoms with Gasteiger partial charge in [-0.15, -0.1) is 0 Å². The highest BCUT2D eigenvalue weighted by Crippen LogP contribution is 2.47. The van der Waals surface area contributed by atoms with Gasteiger partial charge in [-0.3, -0.25) is 4.90 Å². The number of carbonyl (C=O) groups is 1. The van der Waals surface area contributed by atoms with Crippen molar-refractivity contribution in [3.8, 4) is 22.6 Å². The Labute approximate surface area is 194 Å². The second-order valence-electron chi connectivity index (χ2n) is 10.0. The van der Waals surface area contributed by atoms with Gasteiger partial charge < -0.3 is 19.5 Å². The number of benzene rings is 2. The summed E-state index contributed by atoms with van der Waals surface area (Å²) in [4.78, 5) is 15.3. The number of carbonyl (C=O) groups excluding carboxylic acids is 1. The number of nitrogens with zero attached hydrogens (tertiary/aromatic N) is 1. The zero-order chi connectivity index (χ0) is 23.2. The molecule has 4 aliphatic heterocycles. The molecule has 2 aromatic rings. The van der Waals surface area contributed by atoms with Gasteiger partial charge in [0.15, 0.2) is 0 Å². The first-order valence-corrected chi connectivity index (χ1v) is 11.6. The number of hydrogen-bond acceptors (Lipinski definition) is 5. The van der Waals surface area contributed by atoms with E-state index in [1.807, 2.05) is 18.2 Å². The summed E-state index contributed by atoms with van der Waals surface area (Å²) in [6, 6.07) is 9.82. The Bertz CT molecular complexity index is 1050. The maximum absolute atomic E-state index is 13.8. The van der Waals surface area contributed by atoms with E-state index < -0.39 is 6.09 Å². The molecule has 7 heteroatoms. The van der Waals surface area contributed by atoms with Crippen LogP contribution in [0.25, 0.3) is 11.1 Å². The molecule has 1 amide bonds. The van der Waals surface area contributed by atoms with Gasteiger partial charge in [-0.05, 0) is 61.7 Å². The lowest BCUT2D eigenvalue weighted by Gasteiger charge is -2.44. The van der Waals surface area contributed by atoms with Crippen molar-refractivity contribution < 1.29 is 23.4 Å². The smallest absolute Gasteiger partial charge is 0.407 e. The first-order valence-electron chi connectivity index (χ1n) is 11.6. The molecule has 2 aromatic carbocycles. The van der Waals surface area contributed by atoms with Gasteiger partial charge in [0.05, 0.1) is 19.8 Å². The van der Waals surface area contributed by atoms with E-state index in [1.54, 1.807) is 13.2 Å². The Morgan fingerprint density at radius 3 is 2.67 bits per heavy atom. The molecule has 3 fully saturated rings. The van der Waals surface area contributed by atoms with Gasteiger partial charge in [-0.1, -0.05) is 26.0 Å². The molecule has 1 N–H and O–H groups in total. The third-order valence-corrected chi connectivity index (χ3v) is 7.28. The molecule has 0 spiro atoms. The third-order valence-electron chi connectivity index (χ3n) is 7.28. The normalized spacial score (nSPS) is 27.3. The lowest BCUT2D eigenvalue weighted by atomic mass is 9.78. The molecule has 3 saturated heterocycles. The van der Waals surface area contributed by atoms with Gasteiger partial charge in [-0.2, -0.15) is 0 Å². The van der Waals surface area contributed by atoms with Crippen LogP contribution in [-0.2, 0) is 4.74 Å². The minimum Gasteiger partial charge on any atom is -0.496 e. The molecule has 6 rings (SSSR count). The van der Waals surface area contributed by atoms with E-state index in [1.165, 1.54) is 12.1 Å². The molecule has 4 aliphatic rings. The van der Waals surface area contributed by atoms with Crippen LogP contribution in [0.15, 0.2) is 36.4 Å². The molecule has 1 unspecified atom stereocenters. The van der Waals surface area contributed by atoms with Gasteiger partial charge in [0.25, 0.3) is 0 Å². The van der Waals surface area contributed by atoms with Crippen molar-refractivity contribution in [3.63, 3.8) is 0 Å². The molecule has 176 valence electrons. The van der Waals surface area contributed by atoms with E-state index in [0.29, 0.717) is 29.6 Å². The predicted molar refractivity (Wildman–Crippen MR) is 123 cm³/mol. The second-order valence-corrected chi connectivity index (χ2v) is 10.0. The van der Waals surface area contributed by atoms with Crippen molar-refractivity contribution in [2.45, 2.75) is 38.8 Å². The van der Waals surface area contributed by atoms with E-state index >= 15 is 0 Å². The van der Waals surface area contributed by atoms with Crippen LogP contribution in [0.5, 0.6) is 11.5 Å². The number of fused-ring (bicyclic) bond motifs is 4. The molecular weight excluding hydrogens is 423 g/mol. The minimum atomic E-state index is -0.396. The number of alkyl carbamates (subject to hydrolysis) is 1. The summed E-state index contributed by atoms with van der Waals surface area (Å²) in [7, 11) is 1.59. The molecule has 0 aliphatic carbocycles. The minimum absolute atomic E-state index is 0.0557. The molecule has 0 aromatic heterocycles. The van der Waals surface area contributed by atoms with E-state index in [4.69, 9.17) is 14.2 Å². The summed E-state index contributed by atoms with van der Waals surface area (Å²) < 4.78 is 31.5. The van der Waals surface area contributed by atoms with Gasteiger partial charge >= 0.3 is 6.09 Å². The first kappa shape index (κ1) is 22.0. The largest absolute Gasteiger partial charge is 0.496 e. The topological polar surface area (TPSA) is 60.0 Å². The molecular formula is C26H31FN2O4. The Kier molecular flexibility index (Phi) is 5.69. The molecule has 2 bridgehead atoms. The number of hydrogen-bond donors (Lipinski definition) is 1. The Balaban J connectivity index is 1.42. The highest BCUT2D eigenvalue weighted by atomic mass is 19.1. The highest BCUT2D eigenvalue weighted by molar-refractivity contribution is 5.75. The van der Waals surface area contributed by atoms with Crippen molar-refractivity contribution in [3.05, 3.63) is 47.8 Å². The van der Waals surface area contributed by atoms with Crippen LogP contribution in [0.1, 0.15) is 38.3 Å². The summed E-state index contributed by atoms with van der Waals surface area (Å²) in [6.07, 6.45) is 1.72. The molecule has 4 heterocycles. The number of amides is 1. The van der Waals surface area contributed by atoms with Crippen molar-refractivity contribution >= 4 is 6.09 Å². The van der Waals surface area contributed by atoms with E-state index in [9.17, 15) is 9.18 Å². The first-order chi connectivity index (χ1) is 15.8. The Morgan fingerprint density at radius 1 is 1.21 bits per heavy atom. The zero-order valence-electron chi connectivity index (χ0n) is 19.4. The van der Waals surface area contributed by atoms with Crippen LogP contribution in [0.2, 0.25) is 0 Å². The van der Waals surface area contributed by atoms with Crippen LogP contribution < -0.4 is 14.8 Å². The summed E-state index contributed by atoms with van der Waals surface area (Å²) in [5, 5.41) is 3.12. The maximum Gasteiger partial charge on any atom is 0.407 e. The molecule has 0 saturated carbocycles. The number of ether oxygens (including phenoxy) is 3. The Morgan fingerprint density at radius 2 is 2.00 bits per heavy atom. The standard InChI is InChI=1S/C26H31FN2O4/c1-26(2)15-32-22-12-19(17-5-4-6-18(27)11-17)21(31-3)13-20(22)24(26)28-25(30)33-23-14-29-9-7-16(23)8-10-29/h4-6,11-13,16,23-24H,7-10,14-15H2,1-3H3,(H,28,30)/t23-,24?/m0/s1. The number of nitrogens with one attached hydrogen (secondary N) is 1. The molecule has 33 heavy (non-hydrogen) atoms. The summed E-state index contributed by atoms with van der Waals surface area (Å²) in [6.45, 7) is 7.56.